The van der Waals surface area contributed by atoms with Crippen LogP contribution in [0.3, 0.4) is 0 Å². The van der Waals surface area contributed by atoms with Gasteiger partial charge in [-0.2, -0.15) is 5.10 Å². The predicted octanol–water partition coefficient (Wildman–Crippen LogP) is 2.19. The number of benzene rings is 2. The molecule has 9 heteroatoms. The van der Waals surface area contributed by atoms with Crippen molar-refractivity contribution in [3.05, 3.63) is 69.3 Å². The lowest BCUT2D eigenvalue weighted by molar-refractivity contribution is -0.384. The molecule has 0 bridgehead atoms. The molecule has 0 saturated carbocycles. The van der Waals surface area contributed by atoms with Crippen LogP contribution < -0.4 is 10.7 Å². The van der Waals surface area contributed by atoms with Crippen LogP contribution >= 0.6 is 0 Å². The molecule has 0 aliphatic rings. The number of carbonyl (C=O) groups is 2. The van der Waals surface area contributed by atoms with Gasteiger partial charge >= 0.3 is 11.8 Å². The van der Waals surface area contributed by atoms with Crippen molar-refractivity contribution < 1.29 is 19.6 Å². The van der Waals surface area contributed by atoms with E-state index in [1.807, 2.05) is 29.7 Å². The summed E-state index contributed by atoms with van der Waals surface area (Å²) in [6.45, 7) is 4.34. The number of nitrogens with zero attached hydrogens (tertiary/aromatic N) is 2. The van der Waals surface area contributed by atoms with Gasteiger partial charge in [0.15, 0.2) is 0 Å². The molecule has 0 spiro atoms. The number of hydrazone groups is 1. The minimum atomic E-state index is -1.00. The van der Waals surface area contributed by atoms with E-state index in [9.17, 15) is 24.8 Å². The van der Waals surface area contributed by atoms with E-state index in [0.717, 1.165) is 30.0 Å². The number of rotatable bonds is 6. The number of phenols is 1. The first-order valence-corrected chi connectivity index (χ1v) is 8.45. The van der Waals surface area contributed by atoms with Crippen molar-refractivity contribution in [2.45, 2.75) is 26.3 Å². The number of nitrogens with one attached hydrogen (secondary N) is 2. The van der Waals surface area contributed by atoms with Crippen LogP contribution in [0.15, 0.2) is 47.6 Å². The van der Waals surface area contributed by atoms with Crippen LogP contribution in [0, 0.1) is 10.1 Å². The maximum atomic E-state index is 11.8. The Hall–Kier alpha value is -3.75. The summed E-state index contributed by atoms with van der Waals surface area (Å²) >= 11 is 0. The first kappa shape index (κ1) is 20.6. The zero-order valence-corrected chi connectivity index (χ0v) is 15.4. The molecule has 9 nitrogen and oxygen atoms in total. The van der Waals surface area contributed by atoms with Gasteiger partial charge < -0.3 is 10.4 Å². The number of aromatic hydroxyl groups is 1. The van der Waals surface area contributed by atoms with Gasteiger partial charge in [0, 0.05) is 24.2 Å². The molecule has 0 saturated heterocycles. The zero-order valence-electron chi connectivity index (χ0n) is 15.4. The molecule has 0 aliphatic carbocycles. The summed E-state index contributed by atoms with van der Waals surface area (Å²) in [4.78, 5) is 33.7. The summed E-state index contributed by atoms with van der Waals surface area (Å²) in [6, 6.07) is 11.0. The van der Waals surface area contributed by atoms with E-state index in [1.54, 1.807) is 0 Å². The van der Waals surface area contributed by atoms with Gasteiger partial charge in [0.2, 0.25) is 0 Å². The van der Waals surface area contributed by atoms with Crippen molar-refractivity contribution in [2.24, 2.45) is 5.10 Å². The van der Waals surface area contributed by atoms with Gasteiger partial charge in [0.25, 0.3) is 5.69 Å². The largest absolute Gasteiger partial charge is 0.507 e. The second-order valence-corrected chi connectivity index (χ2v) is 6.28. The van der Waals surface area contributed by atoms with Gasteiger partial charge in [0.05, 0.1) is 11.1 Å². The minimum absolute atomic E-state index is 0.0279. The molecule has 0 aliphatic heterocycles. The Morgan fingerprint density at radius 2 is 1.86 bits per heavy atom. The fourth-order valence-corrected chi connectivity index (χ4v) is 2.25. The van der Waals surface area contributed by atoms with Crippen LogP contribution in [-0.2, 0) is 16.1 Å². The van der Waals surface area contributed by atoms with Gasteiger partial charge in [-0.25, -0.2) is 5.43 Å². The number of hydrogen-bond acceptors (Lipinski definition) is 6. The first-order valence-electron chi connectivity index (χ1n) is 8.45. The van der Waals surface area contributed by atoms with Crippen LogP contribution in [0.5, 0.6) is 5.75 Å². The topological polar surface area (TPSA) is 134 Å². The molecular weight excluding hydrogens is 364 g/mol. The normalized spacial score (nSPS) is 10.8. The van der Waals surface area contributed by atoms with Gasteiger partial charge in [-0.1, -0.05) is 38.1 Å². The van der Waals surface area contributed by atoms with Crippen LogP contribution in [-0.4, -0.2) is 28.1 Å². The molecule has 0 fully saturated rings. The summed E-state index contributed by atoms with van der Waals surface area (Å²) in [5.74, 6) is -1.73. The fourth-order valence-electron chi connectivity index (χ4n) is 2.25. The molecule has 146 valence electrons. The molecule has 2 aromatic carbocycles. The maximum absolute atomic E-state index is 11.8. The summed E-state index contributed by atoms with van der Waals surface area (Å²) in [5.41, 5.74) is 3.80. The van der Waals surface area contributed by atoms with Gasteiger partial charge in [-0.05, 0) is 23.1 Å². The Balaban J connectivity index is 1.88. The number of phenolic OH excluding ortho intramolecular Hbond substituents is 1. The highest BCUT2D eigenvalue weighted by Gasteiger charge is 2.13. The van der Waals surface area contributed by atoms with E-state index >= 15 is 0 Å². The molecule has 2 amide bonds. The Morgan fingerprint density at radius 3 is 2.46 bits per heavy atom. The third-order valence-electron chi connectivity index (χ3n) is 3.90. The Labute approximate surface area is 161 Å². The maximum Gasteiger partial charge on any atom is 0.329 e. The van der Waals surface area contributed by atoms with Crippen LogP contribution in [0.4, 0.5) is 5.69 Å². The third kappa shape index (κ3) is 5.63. The van der Waals surface area contributed by atoms with Crippen LogP contribution in [0.1, 0.15) is 36.5 Å². The molecule has 28 heavy (non-hydrogen) atoms. The number of amides is 2. The average Bonchev–Trinajstić information content (AvgIpc) is 2.67. The smallest absolute Gasteiger partial charge is 0.329 e. The minimum Gasteiger partial charge on any atom is -0.507 e. The highest BCUT2D eigenvalue weighted by molar-refractivity contribution is 6.35. The predicted molar refractivity (Wildman–Crippen MR) is 103 cm³/mol. The SMILES string of the molecule is CC(C)c1ccc(CNC(=O)C(=O)N/N=C\c2cc([N+](=O)[O-])ccc2O)cc1. The number of nitro groups is 1. The van der Waals surface area contributed by atoms with E-state index in [-0.39, 0.29) is 23.5 Å². The van der Waals surface area contributed by atoms with Crippen molar-refractivity contribution in [1.29, 1.82) is 0 Å². The van der Waals surface area contributed by atoms with Crippen LogP contribution in [0.2, 0.25) is 0 Å². The van der Waals surface area contributed by atoms with Crippen molar-refractivity contribution >= 4 is 23.7 Å². The van der Waals surface area contributed by atoms with Gasteiger partial charge in [-0.15, -0.1) is 0 Å². The van der Waals surface area contributed by atoms with Crippen molar-refractivity contribution in [3.63, 3.8) is 0 Å². The van der Waals surface area contributed by atoms with E-state index in [4.69, 9.17) is 0 Å². The lowest BCUT2D eigenvalue weighted by atomic mass is 10.0. The first-order chi connectivity index (χ1) is 13.3. The Bertz CT molecular complexity index is 907. The number of carbonyl (C=O) groups excluding carboxylic acids is 2. The van der Waals surface area contributed by atoms with Crippen molar-refractivity contribution in [1.82, 2.24) is 10.7 Å². The Morgan fingerprint density at radius 1 is 1.18 bits per heavy atom. The lowest BCUT2D eigenvalue weighted by Crippen LogP contribution is -2.37. The second kappa shape index (κ2) is 9.26. The van der Waals surface area contributed by atoms with E-state index in [1.165, 1.54) is 5.56 Å². The summed E-state index contributed by atoms with van der Waals surface area (Å²) in [5, 5.41) is 26.4. The average molecular weight is 384 g/mol. The van der Waals surface area contributed by atoms with E-state index < -0.39 is 16.7 Å². The van der Waals surface area contributed by atoms with Gasteiger partial charge in [0.1, 0.15) is 5.75 Å². The third-order valence-corrected chi connectivity index (χ3v) is 3.90. The number of non-ortho nitro benzene ring substituents is 1. The van der Waals surface area contributed by atoms with Crippen molar-refractivity contribution in [3.8, 4) is 5.75 Å². The zero-order chi connectivity index (χ0) is 20.7. The summed E-state index contributed by atoms with van der Waals surface area (Å²) in [7, 11) is 0. The standard InChI is InChI=1S/C19H20N4O5/c1-12(2)14-5-3-13(4-6-14)10-20-18(25)19(26)22-21-11-15-9-16(23(27)28)7-8-17(15)24/h3-9,11-12,24H,10H2,1-2H3,(H,20,25)(H,22,26)/b21-11-. The highest BCUT2D eigenvalue weighted by atomic mass is 16.6. The lowest BCUT2D eigenvalue weighted by Gasteiger charge is -2.07. The molecule has 2 rings (SSSR count). The molecule has 0 atom stereocenters. The van der Waals surface area contributed by atoms with E-state index in [0.29, 0.717) is 5.92 Å². The monoisotopic (exact) mass is 384 g/mol. The fraction of sp³-hybridized carbons (Fsp3) is 0.211. The quantitative estimate of drug-likeness (QED) is 0.304. The Kier molecular flexibility index (Phi) is 6.80. The number of nitro benzene ring substituents is 1. The number of hydrogen-bond donors (Lipinski definition) is 3. The molecule has 2 aromatic rings. The van der Waals surface area contributed by atoms with Gasteiger partial charge in [-0.3, -0.25) is 19.7 Å². The molecule has 0 unspecified atom stereocenters. The summed E-state index contributed by atoms with van der Waals surface area (Å²) < 4.78 is 0. The molecule has 0 radical (unpaired) electrons. The van der Waals surface area contributed by atoms with Crippen molar-refractivity contribution in [2.75, 3.05) is 0 Å². The molecular formula is C19H20N4O5. The molecule has 0 heterocycles. The second-order valence-electron chi connectivity index (χ2n) is 6.28. The molecule has 3 N–H and O–H groups in total. The van der Waals surface area contributed by atoms with Crippen LogP contribution in [0.25, 0.3) is 0 Å². The molecule has 0 aromatic heterocycles. The highest BCUT2D eigenvalue weighted by Crippen LogP contribution is 2.21. The van der Waals surface area contributed by atoms with E-state index in [2.05, 4.69) is 24.3 Å². The summed E-state index contributed by atoms with van der Waals surface area (Å²) in [6.07, 6.45) is 1.01.